The Morgan fingerprint density at radius 1 is 1.67 bits per heavy atom. The second kappa shape index (κ2) is 4.75. The third-order valence-electron chi connectivity index (χ3n) is 2.08. The quantitative estimate of drug-likeness (QED) is 0.714. The van der Waals surface area contributed by atoms with Crippen LogP contribution < -0.4 is 5.32 Å². The summed E-state index contributed by atoms with van der Waals surface area (Å²) in [5.74, 6) is 1.93. The second-order valence-corrected chi connectivity index (χ2v) is 4.50. The predicted octanol–water partition coefficient (Wildman–Crippen LogP) is 2.11. The van der Waals surface area contributed by atoms with Crippen LogP contribution in [-0.4, -0.2) is 23.5 Å². The van der Waals surface area contributed by atoms with E-state index in [0.717, 1.165) is 11.7 Å². The molecule has 1 saturated heterocycles. The number of hydrogen-bond donors (Lipinski definition) is 1. The van der Waals surface area contributed by atoms with Crippen LogP contribution in [0.4, 0.5) is 0 Å². The van der Waals surface area contributed by atoms with E-state index in [-0.39, 0.29) is 0 Å². The molecule has 0 bridgehead atoms. The zero-order valence-electron chi connectivity index (χ0n) is 8.13. The summed E-state index contributed by atoms with van der Waals surface area (Å²) in [7, 11) is 0. The first-order chi connectivity index (χ1) is 5.74. The molecule has 1 atom stereocenters. The van der Waals surface area contributed by atoms with Gasteiger partial charge in [0.1, 0.15) is 0 Å². The fourth-order valence-electron chi connectivity index (χ4n) is 1.29. The Hall–Kier alpha value is -0.180. The van der Waals surface area contributed by atoms with Gasteiger partial charge in [0.15, 0.2) is 5.17 Å². The number of nitrogens with one attached hydrogen (secondary N) is 1. The molecule has 12 heavy (non-hydrogen) atoms. The lowest BCUT2D eigenvalue weighted by atomic mass is 10.0. The van der Waals surface area contributed by atoms with Gasteiger partial charge in [-0.3, -0.25) is 4.99 Å². The Morgan fingerprint density at radius 2 is 2.42 bits per heavy atom. The molecule has 70 valence electrons. The van der Waals surface area contributed by atoms with E-state index in [1.165, 1.54) is 12.2 Å². The standard InChI is InChI=1S/C9H18N2S/c1-4-10-9-11-8(7(2)3)5-6-12-9/h7-8H,4-6H2,1-3H3,(H,10,11). The van der Waals surface area contributed by atoms with Gasteiger partial charge in [0.2, 0.25) is 0 Å². The van der Waals surface area contributed by atoms with Crippen molar-refractivity contribution in [3.63, 3.8) is 0 Å². The van der Waals surface area contributed by atoms with Crippen molar-refractivity contribution in [2.75, 3.05) is 12.3 Å². The molecule has 0 amide bonds. The normalized spacial score (nSPS) is 27.7. The monoisotopic (exact) mass is 186 g/mol. The lowest BCUT2D eigenvalue weighted by Crippen LogP contribution is -2.41. The minimum Gasteiger partial charge on any atom is -0.362 e. The van der Waals surface area contributed by atoms with Crippen LogP contribution in [0.25, 0.3) is 0 Å². The fourth-order valence-corrected chi connectivity index (χ4v) is 2.31. The number of hydrogen-bond acceptors (Lipinski definition) is 2. The first-order valence-electron chi connectivity index (χ1n) is 4.67. The molecule has 0 aromatic heterocycles. The van der Waals surface area contributed by atoms with Crippen LogP contribution in [0.2, 0.25) is 0 Å². The molecule has 1 aliphatic rings. The van der Waals surface area contributed by atoms with E-state index in [4.69, 9.17) is 0 Å². The van der Waals surface area contributed by atoms with Crippen molar-refractivity contribution in [3.8, 4) is 0 Å². The van der Waals surface area contributed by atoms with Crippen LogP contribution in [0.15, 0.2) is 4.99 Å². The number of nitrogens with zero attached hydrogens (tertiary/aromatic N) is 1. The van der Waals surface area contributed by atoms with Crippen molar-refractivity contribution in [3.05, 3.63) is 0 Å². The highest BCUT2D eigenvalue weighted by molar-refractivity contribution is 8.13. The van der Waals surface area contributed by atoms with Crippen LogP contribution >= 0.6 is 11.8 Å². The van der Waals surface area contributed by atoms with Gasteiger partial charge in [0.05, 0.1) is 0 Å². The molecule has 1 fully saturated rings. The van der Waals surface area contributed by atoms with Gasteiger partial charge < -0.3 is 5.32 Å². The van der Waals surface area contributed by atoms with Crippen molar-refractivity contribution < 1.29 is 0 Å². The Morgan fingerprint density at radius 3 is 3.00 bits per heavy atom. The molecular weight excluding hydrogens is 168 g/mol. The highest BCUT2D eigenvalue weighted by Crippen LogP contribution is 2.18. The minimum atomic E-state index is 0.636. The first-order valence-corrected chi connectivity index (χ1v) is 5.66. The number of rotatable bonds is 2. The van der Waals surface area contributed by atoms with E-state index in [9.17, 15) is 0 Å². The molecule has 0 aromatic carbocycles. The molecule has 0 saturated carbocycles. The predicted molar refractivity (Wildman–Crippen MR) is 56.8 cm³/mol. The summed E-state index contributed by atoms with van der Waals surface area (Å²) in [5, 5.41) is 4.61. The highest BCUT2D eigenvalue weighted by Gasteiger charge is 2.19. The van der Waals surface area contributed by atoms with Gasteiger partial charge in [0, 0.05) is 18.3 Å². The molecule has 3 heteroatoms. The van der Waals surface area contributed by atoms with E-state index in [2.05, 4.69) is 31.1 Å². The van der Waals surface area contributed by atoms with Gasteiger partial charge in [-0.15, -0.1) is 0 Å². The molecule has 1 heterocycles. The number of thioether (sulfide) groups is 1. The van der Waals surface area contributed by atoms with Crippen LogP contribution in [0.3, 0.4) is 0 Å². The number of aliphatic imine (C=N–C) groups is 1. The topological polar surface area (TPSA) is 24.4 Å². The lowest BCUT2D eigenvalue weighted by Gasteiger charge is -2.28. The van der Waals surface area contributed by atoms with Crippen molar-refractivity contribution in [2.24, 2.45) is 10.9 Å². The summed E-state index contributed by atoms with van der Waals surface area (Å²) in [6.45, 7) is 7.49. The van der Waals surface area contributed by atoms with E-state index in [0.29, 0.717) is 12.0 Å². The summed E-state index contributed by atoms with van der Waals surface area (Å²) >= 11 is 1.85. The summed E-state index contributed by atoms with van der Waals surface area (Å²) in [6, 6.07) is 0.636. The Bertz CT molecular complexity index is 166. The summed E-state index contributed by atoms with van der Waals surface area (Å²) in [4.78, 5) is 4.38. The SMILES string of the molecule is CCN=C1NC(C(C)C)CCS1. The maximum absolute atomic E-state index is 4.38. The van der Waals surface area contributed by atoms with Crippen molar-refractivity contribution in [1.29, 1.82) is 0 Å². The van der Waals surface area contributed by atoms with Gasteiger partial charge in [0.25, 0.3) is 0 Å². The van der Waals surface area contributed by atoms with Crippen LogP contribution in [0.5, 0.6) is 0 Å². The van der Waals surface area contributed by atoms with Crippen molar-refractivity contribution in [2.45, 2.75) is 33.2 Å². The third kappa shape index (κ3) is 2.70. The van der Waals surface area contributed by atoms with Crippen LogP contribution in [0.1, 0.15) is 27.2 Å². The van der Waals surface area contributed by atoms with Gasteiger partial charge in [-0.1, -0.05) is 25.6 Å². The molecule has 1 rings (SSSR count). The molecule has 1 N–H and O–H groups in total. The van der Waals surface area contributed by atoms with Crippen molar-refractivity contribution in [1.82, 2.24) is 5.32 Å². The lowest BCUT2D eigenvalue weighted by molar-refractivity contribution is 0.442. The summed E-state index contributed by atoms with van der Waals surface area (Å²) in [5.41, 5.74) is 0. The van der Waals surface area contributed by atoms with E-state index < -0.39 is 0 Å². The zero-order valence-corrected chi connectivity index (χ0v) is 8.95. The molecule has 0 aliphatic carbocycles. The molecule has 0 aromatic rings. The smallest absolute Gasteiger partial charge is 0.156 e. The molecule has 2 nitrogen and oxygen atoms in total. The summed E-state index contributed by atoms with van der Waals surface area (Å²) < 4.78 is 0. The third-order valence-corrected chi connectivity index (χ3v) is 3.04. The summed E-state index contributed by atoms with van der Waals surface area (Å²) in [6.07, 6.45) is 1.27. The van der Waals surface area contributed by atoms with Gasteiger partial charge in [-0.2, -0.15) is 0 Å². The minimum absolute atomic E-state index is 0.636. The van der Waals surface area contributed by atoms with E-state index in [1.54, 1.807) is 0 Å². The second-order valence-electron chi connectivity index (χ2n) is 3.41. The fraction of sp³-hybridized carbons (Fsp3) is 0.889. The largest absolute Gasteiger partial charge is 0.362 e. The van der Waals surface area contributed by atoms with E-state index >= 15 is 0 Å². The molecule has 1 aliphatic heterocycles. The average Bonchev–Trinajstić information content (AvgIpc) is 2.05. The maximum Gasteiger partial charge on any atom is 0.156 e. The highest BCUT2D eigenvalue weighted by atomic mass is 32.2. The van der Waals surface area contributed by atoms with Gasteiger partial charge in [-0.25, -0.2) is 0 Å². The maximum atomic E-state index is 4.38. The Balaban J connectivity index is 2.46. The average molecular weight is 186 g/mol. The Kier molecular flexibility index (Phi) is 3.92. The molecule has 0 radical (unpaired) electrons. The van der Waals surface area contributed by atoms with Crippen molar-refractivity contribution >= 4 is 16.9 Å². The van der Waals surface area contributed by atoms with E-state index in [1.807, 2.05) is 11.8 Å². The molecule has 0 spiro atoms. The van der Waals surface area contributed by atoms with Crippen LogP contribution in [0, 0.1) is 5.92 Å². The Labute approximate surface area is 79.2 Å². The zero-order chi connectivity index (χ0) is 8.97. The van der Waals surface area contributed by atoms with Gasteiger partial charge >= 0.3 is 0 Å². The van der Waals surface area contributed by atoms with Crippen LogP contribution in [-0.2, 0) is 0 Å². The first kappa shape index (κ1) is 9.90. The molecular formula is C9H18N2S. The molecule has 1 unspecified atom stereocenters. The van der Waals surface area contributed by atoms with Gasteiger partial charge in [-0.05, 0) is 19.3 Å². The number of amidine groups is 1.